The molecule has 3 aliphatic heterocycles. The van der Waals surface area contributed by atoms with Gasteiger partial charge in [-0.15, -0.1) is 0 Å². The molecule has 0 radical (unpaired) electrons. The minimum atomic E-state index is -0.581. The van der Waals surface area contributed by atoms with Crippen LogP contribution in [-0.4, -0.2) is 130 Å². The van der Waals surface area contributed by atoms with E-state index in [1.54, 1.807) is 142 Å². The van der Waals surface area contributed by atoms with Crippen LogP contribution in [0.2, 0.25) is 0 Å². The number of nitrogens with one attached hydrogen (secondary N) is 1. The van der Waals surface area contributed by atoms with Crippen molar-refractivity contribution >= 4 is 12.2 Å². The molecule has 12 aromatic rings. The van der Waals surface area contributed by atoms with Gasteiger partial charge in [0.1, 0.15) is 45.9 Å². The summed E-state index contributed by atoms with van der Waals surface area (Å²) in [6, 6.07) is 51.0. The Kier molecular flexibility index (Phi) is 23.8. The summed E-state index contributed by atoms with van der Waals surface area (Å²) in [6.45, 7) is 14.7. The van der Waals surface area contributed by atoms with Gasteiger partial charge in [0, 0.05) is 65.9 Å². The number of piperidine rings is 3. The third-order valence-corrected chi connectivity index (χ3v) is 19.4. The zero-order valence-corrected chi connectivity index (χ0v) is 64.2. The predicted octanol–water partition coefficient (Wildman–Crippen LogP) is 15.8. The molecule has 15 rings (SSSR count). The molecule has 2 amide bonds. The molecule has 113 heavy (non-hydrogen) atoms. The smallest absolute Gasteiger partial charge is 0.410 e. The highest BCUT2D eigenvalue weighted by Crippen LogP contribution is 2.40. The average Bonchev–Trinajstić information content (AvgIpc) is 1.61. The first-order chi connectivity index (χ1) is 54.3. The number of ether oxygens (including phenoxy) is 5. The fourth-order valence-corrected chi connectivity index (χ4v) is 14.2. The van der Waals surface area contributed by atoms with Crippen LogP contribution in [0.5, 0.6) is 35.3 Å². The minimum Gasteiger partial charge on any atom is -0.444 e. The Morgan fingerprint density at radius 1 is 0.381 bits per heavy atom. The second kappa shape index (κ2) is 34.3. The van der Waals surface area contributed by atoms with Gasteiger partial charge in [0.2, 0.25) is 0 Å². The summed E-state index contributed by atoms with van der Waals surface area (Å²) in [5, 5.41) is 3.37. The molecule has 28 heteroatoms. The van der Waals surface area contributed by atoms with Crippen molar-refractivity contribution in [1.82, 2.24) is 73.1 Å². The Labute approximate surface area is 650 Å². The van der Waals surface area contributed by atoms with E-state index >= 15 is 0 Å². The Balaban J connectivity index is 0.000000149. The molecule has 0 spiro atoms. The van der Waals surface area contributed by atoms with E-state index in [0.717, 1.165) is 25.9 Å². The molecule has 3 saturated heterocycles. The Hall–Kier alpha value is -12.7. The van der Waals surface area contributed by atoms with Crippen molar-refractivity contribution in [1.29, 1.82) is 0 Å². The van der Waals surface area contributed by atoms with Gasteiger partial charge < -0.3 is 38.8 Å². The molecular formula is C85H88F3N15O10. The Morgan fingerprint density at radius 3 is 0.912 bits per heavy atom. The summed E-state index contributed by atoms with van der Waals surface area (Å²) in [5.74, 6) is 0.651. The predicted molar refractivity (Wildman–Crippen MR) is 421 cm³/mol. The minimum absolute atomic E-state index is 0.103. The molecule has 3 fully saturated rings. The van der Waals surface area contributed by atoms with Gasteiger partial charge in [-0.25, -0.2) is 37.7 Å². The number of benzene rings is 6. The normalized spacial score (nSPS) is 14.3. The van der Waals surface area contributed by atoms with Crippen LogP contribution >= 0.6 is 0 Å². The van der Waals surface area contributed by atoms with Crippen molar-refractivity contribution in [3.8, 4) is 103 Å². The van der Waals surface area contributed by atoms with Gasteiger partial charge in [-0.2, -0.15) is 15.0 Å². The average molecular weight is 1540 g/mol. The van der Waals surface area contributed by atoms with Crippen LogP contribution in [0.3, 0.4) is 0 Å². The van der Waals surface area contributed by atoms with Gasteiger partial charge in [0.15, 0.2) is 0 Å². The number of carbonyl (C=O) groups excluding carboxylic acids is 2. The second-order valence-electron chi connectivity index (χ2n) is 29.5. The van der Waals surface area contributed by atoms with E-state index < -0.39 is 22.8 Å². The van der Waals surface area contributed by atoms with Crippen LogP contribution in [0, 0.1) is 17.5 Å². The first-order valence-corrected chi connectivity index (χ1v) is 37.4. The fourth-order valence-electron chi connectivity index (χ4n) is 14.2. The zero-order valence-electron chi connectivity index (χ0n) is 64.2. The van der Waals surface area contributed by atoms with Crippen LogP contribution in [0.4, 0.5) is 22.8 Å². The van der Waals surface area contributed by atoms with Crippen molar-refractivity contribution in [3.05, 3.63) is 249 Å². The molecule has 584 valence electrons. The number of hydrogen-bond acceptors (Lipinski definition) is 17. The van der Waals surface area contributed by atoms with Crippen molar-refractivity contribution in [2.75, 3.05) is 39.3 Å². The number of rotatable bonds is 15. The highest BCUT2D eigenvalue weighted by molar-refractivity contribution is 5.82. The van der Waals surface area contributed by atoms with Gasteiger partial charge in [-0.3, -0.25) is 42.5 Å². The summed E-state index contributed by atoms with van der Waals surface area (Å²) in [7, 11) is 5.19. The van der Waals surface area contributed by atoms with Gasteiger partial charge in [0.25, 0.3) is 16.7 Å². The quantitative estimate of drug-likeness (QED) is 0.100. The Bertz CT molecular complexity index is 5250. The number of nitrogens with zero attached hydrogens (tertiary/aromatic N) is 14. The standard InChI is InChI=1S/2C30H32FN5O4.C25H24FN5O2/c2*1-30(2,3)40-29(38)35-18-15-22(16-19-35)36-26(25(27(37)34(36)4)20-10-12-21(31)13-11-20)24-14-17-32-28(33-24)39-23-8-6-5-7-9-23;1-30-24(32)22(17-7-9-18(26)10-8-17)23(31(30)19-11-14-27-15-12-19)21-13-16-28-25(29-21)33-20-5-3-2-4-6-20/h2*5-14,17,22H,15-16,18-19H2,1-4H3;2-10,13,16,19,27H,11-12,14-15H2,1H3. The number of hydrogen-bond donors (Lipinski definition) is 1. The van der Waals surface area contributed by atoms with Gasteiger partial charge >= 0.3 is 30.2 Å². The van der Waals surface area contributed by atoms with E-state index in [0.29, 0.717) is 137 Å². The summed E-state index contributed by atoms with van der Waals surface area (Å²) >= 11 is 0. The van der Waals surface area contributed by atoms with Crippen molar-refractivity contribution in [3.63, 3.8) is 0 Å². The molecular weight excluding hydrogens is 1450 g/mol. The molecule has 0 aliphatic carbocycles. The summed E-state index contributed by atoms with van der Waals surface area (Å²) in [5.41, 5.74) is 4.70. The molecule has 6 aromatic carbocycles. The maximum atomic E-state index is 13.8. The van der Waals surface area contributed by atoms with Crippen molar-refractivity contribution in [2.45, 2.75) is 109 Å². The first-order valence-electron chi connectivity index (χ1n) is 37.4. The van der Waals surface area contributed by atoms with Gasteiger partial charge in [-0.1, -0.05) is 91.0 Å². The molecule has 9 heterocycles. The third-order valence-electron chi connectivity index (χ3n) is 19.4. The highest BCUT2D eigenvalue weighted by atomic mass is 19.1. The molecule has 25 nitrogen and oxygen atoms in total. The lowest BCUT2D eigenvalue weighted by Gasteiger charge is -2.35. The molecule has 0 saturated carbocycles. The molecule has 3 aliphatic rings. The number of amides is 2. The first kappa shape index (κ1) is 78.4. The second-order valence-corrected chi connectivity index (χ2v) is 29.5. The third kappa shape index (κ3) is 18.5. The SMILES string of the molecule is Cn1c(=O)c(-c2ccc(F)cc2)c(-c2ccnc(Oc3ccccc3)n2)n1C1CCN(C(=O)OC(C)(C)C)CC1.Cn1c(=O)c(-c2ccc(F)cc2)c(-c2ccnc(Oc3ccccc3)n2)n1C1CCN(C(=O)OC(C)(C)C)CC1.Cn1c(=O)c(-c2ccc(F)cc2)c(-c2ccnc(Oc3ccccc3)n2)n1C1CCNCC1. The van der Waals surface area contributed by atoms with E-state index in [9.17, 15) is 37.1 Å². The molecule has 0 atom stereocenters. The van der Waals surface area contributed by atoms with Gasteiger partial charge in [-0.05, 0) is 201 Å². The fraction of sp³-hybridized carbons (Fsp3) is 0.306. The van der Waals surface area contributed by atoms with Gasteiger partial charge in [0.05, 0.1) is 69.0 Å². The van der Waals surface area contributed by atoms with E-state index in [-0.39, 0.29) is 70.8 Å². The Morgan fingerprint density at radius 2 is 0.646 bits per heavy atom. The number of halogens is 3. The molecule has 6 aromatic heterocycles. The molecule has 0 unspecified atom stereocenters. The van der Waals surface area contributed by atoms with Crippen molar-refractivity contribution in [2.24, 2.45) is 21.1 Å². The summed E-state index contributed by atoms with van der Waals surface area (Å²) < 4.78 is 80.6. The van der Waals surface area contributed by atoms with Crippen LogP contribution in [-0.2, 0) is 30.6 Å². The number of aromatic nitrogens is 12. The summed E-state index contributed by atoms with van der Waals surface area (Å²) in [4.78, 5) is 96.3. The van der Waals surface area contributed by atoms with E-state index in [2.05, 4.69) is 35.2 Å². The maximum absolute atomic E-state index is 13.8. The lowest BCUT2D eigenvalue weighted by Crippen LogP contribution is -2.42. The van der Waals surface area contributed by atoms with Crippen LogP contribution in [0.1, 0.15) is 98.2 Å². The number of carbonyl (C=O) groups is 2. The highest BCUT2D eigenvalue weighted by Gasteiger charge is 2.36. The lowest BCUT2D eigenvalue weighted by molar-refractivity contribution is 0.0171. The van der Waals surface area contributed by atoms with E-state index in [1.165, 1.54) is 36.4 Å². The topological polar surface area (TPSA) is 257 Å². The van der Waals surface area contributed by atoms with Crippen LogP contribution in [0.25, 0.3) is 67.5 Å². The molecule has 1 N–H and O–H groups in total. The summed E-state index contributed by atoms with van der Waals surface area (Å²) in [6.07, 6.45) is 8.29. The zero-order chi connectivity index (χ0) is 79.7. The largest absolute Gasteiger partial charge is 0.444 e. The lowest BCUT2D eigenvalue weighted by atomic mass is 10.0. The van der Waals surface area contributed by atoms with Crippen LogP contribution in [0.15, 0.2) is 215 Å². The van der Waals surface area contributed by atoms with Crippen LogP contribution < -0.4 is 36.2 Å². The number of para-hydroxylation sites is 3. The van der Waals surface area contributed by atoms with E-state index in [1.807, 2.05) is 122 Å². The van der Waals surface area contributed by atoms with E-state index in [4.69, 9.17) is 23.7 Å². The molecule has 0 bridgehead atoms. The van der Waals surface area contributed by atoms with Crippen molar-refractivity contribution < 1.29 is 46.4 Å². The monoisotopic (exact) mass is 1540 g/mol. The number of likely N-dealkylation sites (tertiary alicyclic amines) is 2. The maximum Gasteiger partial charge on any atom is 0.410 e.